The lowest BCUT2D eigenvalue weighted by Crippen LogP contribution is -2.14. The molecule has 124 valence electrons. The van der Waals surface area contributed by atoms with Crippen LogP contribution in [0, 0.1) is 0 Å². The number of nitrogens with zero attached hydrogens (tertiary/aromatic N) is 1. The molecule has 1 aromatic carbocycles. The van der Waals surface area contributed by atoms with Crippen LogP contribution in [0.5, 0.6) is 5.75 Å². The van der Waals surface area contributed by atoms with E-state index in [2.05, 4.69) is 15.3 Å². The van der Waals surface area contributed by atoms with E-state index in [4.69, 9.17) is 16.3 Å². The highest BCUT2D eigenvalue weighted by Crippen LogP contribution is 2.34. The number of ether oxygens (including phenoxy) is 1. The van der Waals surface area contributed by atoms with Crippen molar-refractivity contribution in [2.24, 2.45) is 0 Å². The number of aromatic amines is 1. The van der Waals surface area contributed by atoms with Gasteiger partial charge in [0.1, 0.15) is 16.4 Å². The Balaban J connectivity index is 1.59. The van der Waals surface area contributed by atoms with Gasteiger partial charge in [-0.2, -0.15) is 0 Å². The van der Waals surface area contributed by atoms with Crippen molar-refractivity contribution in [1.82, 2.24) is 9.97 Å². The van der Waals surface area contributed by atoms with Crippen molar-refractivity contribution in [3.05, 3.63) is 49.8 Å². The number of halogens is 1. The standard InChI is InChI=1S/C17H16ClN3O2S/c1-23-12-6-5-9(7-11(12)18)19-8-14-20-16(22)15-10-3-2-4-13(10)24-17(15)21-14/h5-7,19H,2-4,8H2,1H3,(H,20,21,22). The average molecular weight is 362 g/mol. The van der Waals surface area contributed by atoms with E-state index in [1.165, 1.54) is 10.4 Å². The van der Waals surface area contributed by atoms with Gasteiger partial charge in [-0.15, -0.1) is 11.3 Å². The largest absolute Gasteiger partial charge is 0.495 e. The van der Waals surface area contributed by atoms with Crippen LogP contribution in [-0.4, -0.2) is 17.1 Å². The second-order valence-corrected chi connectivity index (χ2v) is 7.24. The summed E-state index contributed by atoms with van der Waals surface area (Å²) in [6, 6.07) is 5.46. The second kappa shape index (κ2) is 6.11. The fourth-order valence-corrected chi connectivity index (χ4v) is 4.63. The Morgan fingerprint density at radius 2 is 2.29 bits per heavy atom. The maximum atomic E-state index is 12.4. The minimum Gasteiger partial charge on any atom is -0.495 e. The molecular weight excluding hydrogens is 346 g/mol. The number of hydrogen-bond acceptors (Lipinski definition) is 5. The van der Waals surface area contributed by atoms with Gasteiger partial charge in [-0.1, -0.05) is 11.6 Å². The van der Waals surface area contributed by atoms with Crippen LogP contribution in [0.4, 0.5) is 5.69 Å². The van der Waals surface area contributed by atoms with Crippen molar-refractivity contribution in [3.63, 3.8) is 0 Å². The molecule has 1 aliphatic carbocycles. The summed E-state index contributed by atoms with van der Waals surface area (Å²) in [5, 5.41) is 4.54. The van der Waals surface area contributed by atoms with Crippen LogP contribution < -0.4 is 15.6 Å². The van der Waals surface area contributed by atoms with Gasteiger partial charge in [-0.25, -0.2) is 4.98 Å². The van der Waals surface area contributed by atoms with E-state index >= 15 is 0 Å². The molecule has 0 amide bonds. The van der Waals surface area contributed by atoms with E-state index in [0.717, 1.165) is 35.2 Å². The molecule has 0 unspecified atom stereocenters. The molecular formula is C17H16ClN3O2S. The maximum absolute atomic E-state index is 12.4. The first-order valence-corrected chi connectivity index (χ1v) is 8.96. The van der Waals surface area contributed by atoms with Crippen molar-refractivity contribution in [2.75, 3.05) is 12.4 Å². The number of thiophene rings is 1. The molecule has 0 radical (unpaired) electrons. The normalized spacial score (nSPS) is 13.2. The first-order valence-electron chi connectivity index (χ1n) is 7.76. The molecule has 0 spiro atoms. The van der Waals surface area contributed by atoms with E-state index in [1.54, 1.807) is 30.6 Å². The van der Waals surface area contributed by atoms with E-state index in [-0.39, 0.29) is 5.56 Å². The Morgan fingerprint density at radius 3 is 3.08 bits per heavy atom. The van der Waals surface area contributed by atoms with Gasteiger partial charge in [-0.3, -0.25) is 4.79 Å². The molecule has 0 bridgehead atoms. The van der Waals surface area contributed by atoms with Gasteiger partial charge < -0.3 is 15.0 Å². The van der Waals surface area contributed by atoms with Crippen molar-refractivity contribution in [3.8, 4) is 5.75 Å². The number of benzene rings is 1. The van der Waals surface area contributed by atoms with Crippen LogP contribution in [0.15, 0.2) is 23.0 Å². The van der Waals surface area contributed by atoms with Crippen LogP contribution in [0.3, 0.4) is 0 Å². The zero-order chi connectivity index (χ0) is 16.7. The van der Waals surface area contributed by atoms with Gasteiger partial charge in [0, 0.05) is 10.6 Å². The maximum Gasteiger partial charge on any atom is 0.259 e. The van der Waals surface area contributed by atoms with Gasteiger partial charge in [0.25, 0.3) is 5.56 Å². The molecule has 3 aromatic rings. The molecule has 0 saturated carbocycles. The molecule has 2 N–H and O–H groups in total. The number of nitrogens with one attached hydrogen (secondary N) is 2. The van der Waals surface area contributed by atoms with Gasteiger partial charge >= 0.3 is 0 Å². The fraction of sp³-hybridized carbons (Fsp3) is 0.294. The molecule has 4 rings (SSSR count). The van der Waals surface area contributed by atoms with Crippen molar-refractivity contribution in [2.45, 2.75) is 25.8 Å². The Hall–Kier alpha value is -2.05. The molecule has 24 heavy (non-hydrogen) atoms. The third kappa shape index (κ3) is 2.65. The van der Waals surface area contributed by atoms with E-state index < -0.39 is 0 Å². The number of aromatic nitrogens is 2. The molecule has 0 aliphatic heterocycles. The van der Waals surface area contributed by atoms with Crippen molar-refractivity contribution < 1.29 is 4.74 Å². The first-order chi connectivity index (χ1) is 11.7. The summed E-state index contributed by atoms with van der Waals surface area (Å²) in [5.74, 6) is 1.25. The van der Waals surface area contributed by atoms with E-state index in [1.807, 2.05) is 6.07 Å². The average Bonchev–Trinajstić information content (AvgIpc) is 3.13. The minimum absolute atomic E-state index is 0.0380. The summed E-state index contributed by atoms with van der Waals surface area (Å²) in [5.41, 5.74) is 2.01. The number of fused-ring (bicyclic) bond motifs is 3. The monoisotopic (exact) mass is 361 g/mol. The third-order valence-electron chi connectivity index (χ3n) is 4.24. The van der Waals surface area contributed by atoms with Crippen LogP contribution in [0.2, 0.25) is 5.02 Å². The van der Waals surface area contributed by atoms with Crippen LogP contribution in [0.25, 0.3) is 10.2 Å². The van der Waals surface area contributed by atoms with Crippen molar-refractivity contribution in [1.29, 1.82) is 0 Å². The molecule has 1 aliphatic rings. The summed E-state index contributed by atoms with van der Waals surface area (Å²) < 4.78 is 5.14. The van der Waals surface area contributed by atoms with Crippen LogP contribution in [-0.2, 0) is 19.4 Å². The van der Waals surface area contributed by atoms with Gasteiger partial charge in [0.05, 0.1) is 24.1 Å². The lowest BCUT2D eigenvalue weighted by Gasteiger charge is -2.08. The quantitative estimate of drug-likeness (QED) is 0.742. The topological polar surface area (TPSA) is 67.0 Å². The molecule has 5 nitrogen and oxygen atoms in total. The number of aryl methyl sites for hydroxylation is 2. The molecule has 2 aromatic heterocycles. The van der Waals surface area contributed by atoms with E-state index in [9.17, 15) is 4.79 Å². The highest BCUT2D eigenvalue weighted by atomic mass is 35.5. The number of H-pyrrole nitrogens is 1. The summed E-state index contributed by atoms with van der Waals surface area (Å²) in [7, 11) is 1.58. The smallest absolute Gasteiger partial charge is 0.259 e. The summed E-state index contributed by atoms with van der Waals surface area (Å²) >= 11 is 7.77. The summed E-state index contributed by atoms with van der Waals surface area (Å²) in [4.78, 5) is 22.1. The second-order valence-electron chi connectivity index (χ2n) is 5.75. The molecule has 2 heterocycles. The zero-order valence-electron chi connectivity index (χ0n) is 13.1. The van der Waals surface area contributed by atoms with E-state index in [0.29, 0.717) is 23.1 Å². The molecule has 0 atom stereocenters. The van der Waals surface area contributed by atoms with Gasteiger partial charge in [-0.05, 0) is 43.0 Å². The predicted molar refractivity (Wildman–Crippen MR) is 97.6 cm³/mol. The zero-order valence-corrected chi connectivity index (χ0v) is 14.7. The summed E-state index contributed by atoms with van der Waals surface area (Å²) in [6.07, 6.45) is 3.19. The Morgan fingerprint density at radius 1 is 1.42 bits per heavy atom. The Labute approximate surface area is 147 Å². The lowest BCUT2D eigenvalue weighted by molar-refractivity contribution is 0.415. The van der Waals surface area contributed by atoms with Gasteiger partial charge in [0.15, 0.2) is 0 Å². The third-order valence-corrected chi connectivity index (χ3v) is 5.72. The minimum atomic E-state index is -0.0380. The molecule has 0 fully saturated rings. The SMILES string of the molecule is COc1ccc(NCc2nc3sc4c(c3c(=O)[nH]2)CCC4)cc1Cl. The van der Waals surface area contributed by atoms with Crippen molar-refractivity contribution >= 4 is 38.8 Å². The van der Waals surface area contributed by atoms with Crippen LogP contribution >= 0.6 is 22.9 Å². The van der Waals surface area contributed by atoms with Gasteiger partial charge in [0.2, 0.25) is 0 Å². The number of methoxy groups -OCH3 is 1. The lowest BCUT2D eigenvalue weighted by atomic mass is 10.2. The number of hydrogen-bond donors (Lipinski definition) is 2. The first kappa shape index (κ1) is 15.5. The fourth-order valence-electron chi connectivity index (χ4n) is 3.09. The Kier molecular flexibility index (Phi) is 3.94. The highest BCUT2D eigenvalue weighted by molar-refractivity contribution is 7.18. The molecule has 0 saturated heterocycles. The predicted octanol–water partition coefficient (Wildman–Crippen LogP) is 3.75. The number of anilines is 1. The Bertz CT molecular complexity index is 980. The summed E-state index contributed by atoms with van der Waals surface area (Å²) in [6.45, 7) is 0.427. The number of rotatable bonds is 4. The van der Waals surface area contributed by atoms with Crippen LogP contribution in [0.1, 0.15) is 22.7 Å². The highest BCUT2D eigenvalue weighted by Gasteiger charge is 2.20. The molecule has 7 heteroatoms.